The van der Waals surface area contributed by atoms with Crippen molar-refractivity contribution in [3.8, 4) is 5.75 Å². The van der Waals surface area contributed by atoms with Gasteiger partial charge in [0.15, 0.2) is 0 Å². The molecule has 0 saturated carbocycles. The molecule has 1 aromatic carbocycles. The molecule has 0 aliphatic carbocycles. The lowest BCUT2D eigenvalue weighted by Crippen LogP contribution is -2.45. The van der Waals surface area contributed by atoms with Crippen LogP contribution in [0.5, 0.6) is 5.75 Å². The number of morpholine rings is 1. The second-order valence-electron chi connectivity index (χ2n) is 7.66. The van der Waals surface area contributed by atoms with Gasteiger partial charge in [-0.1, -0.05) is 24.3 Å². The summed E-state index contributed by atoms with van der Waals surface area (Å²) in [5.74, 6) is 0.940. The fraction of sp³-hybridized carbons (Fsp3) is 0.522. The van der Waals surface area contributed by atoms with E-state index < -0.39 is 0 Å². The summed E-state index contributed by atoms with van der Waals surface area (Å²) in [7, 11) is 0. The van der Waals surface area contributed by atoms with Crippen LogP contribution in [0, 0.1) is 0 Å². The normalized spacial score (nSPS) is 20.2. The van der Waals surface area contributed by atoms with Crippen LogP contribution in [0.2, 0.25) is 0 Å². The fourth-order valence-corrected chi connectivity index (χ4v) is 3.71. The van der Waals surface area contributed by atoms with E-state index in [-0.39, 0.29) is 0 Å². The number of aromatic nitrogens is 1. The molecule has 28 heavy (non-hydrogen) atoms. The van der Waals surface area contributed by atoms with E-state index in [0.29, 0.717) is 18.8 Å². The van der Waals surface area contributed by atoms with Crippen molar-refractivity contribution in [1.29, 1.82) is 0 Å². The average Bonchev–Trinajstić information content (AvgIpc) is 2.70. The number of hydrogen-bond acceptors (Lipinski definition) is 5. The first kappa shape index (κ1) is 20.8. The van der Waals surface area contributed by atoms with Gasteiger partial charge in [-0.05, 0) is 51.9 Å². The zero-order chi connectivity index (χ0) is 19.6. The second-order valence-corrected chi connectivity index (χ2v) is 7.66. The molecule has 1 aliphatic rings. The predicted molar refractivity (Wildman–Crippen MR) is 112 cm³/mol. The van der Waals surface area contributed by atoms with E-state index in [9.17, 15) is 0 Å². The van der Waals surface area contributed by atoms with Crippen LogP contribution >= 0.6 is 0 Å². The number of benzene rings is 1. The van der Waals surface area contributed by atoms with Gasteiger partial charge in [-0.3, -0.25) is 9.88 Å². The molecule has 0 spiro atoms. The van der Waals surface area contributed by atoms with Crippen LogP contribution in [-0.4, -0.2) is 48.3 Å². The highest BCUT2D eigenvalue weighted by atomic mass is 16.5. The molecule has 0 bridgehead atoms. The van der Waals surface area contributed by atoms with Crippen LogP contribution in [0.25, 0.3) is 0 Å². The zero-order valence-electron chi connectivity index (χ0n) is 17.1. The van der Waals surface area contributed by atoms with Crippen molar-refractivity contribution in [1.82, 2.24) is 15.2 Å². The SMILES string of the molecule is CC1CN(CCCCNCc2ccccc2OCc2cccnc2)CC(C)O1. The van der Waals surface area contributed by atoms with Crippen molar-refractivity contribution in [2.75, 3.05) is 26.2 Å². The molecule has 1 fully saturated rings. The van der Waals surface area contributed by atoms with Gasteiger partial charge >= 0.3 is 0 Å². The monoisotopic (exact) mass is 383 g/mol. The standard InChI is InChI=1S/C23H33N3O2/c1-19-16-26(17-20(2)28-19)13-6-5-11-25-15-22-9-3-4-10-23(22)27-18-21-8-7-12-24-14-21/h3-4,7-10,12,14,19-20,25H,5-6,11,13,15-18H2,1-2H3. The van der Waals surface area contributed by atoms with Crippen LogP contribution in [0.4, 0.5) is 0 Å². The Labute approximate surface area is 169 Å². The number of unbranched alkanes of at least 4 members (excludes halogenated alkanes) is 1. The molecular formula is C23H33N3O2. The molecule has 1 aliphatic heterocycles. The van der Waals surface area contributed by atoms with Gasteiger partial charge < -0.3 is 14.8 Å². The van der Waals surface area contributed by atoms with Crippen molar-refractivity contribution in [3.63, 3.8) is 0 Å². The number of para-hydroxylation sites is 1. The maximum absolute atomic E-state index is 6.00. The minimum absolute atomic E-state index is 0.352. The highest BCUT2D eigenvalue weighted by Crippen LogP contribution is 2.19. The van der Waals surface area contributed by atoms with Crippen molar-refractivity contribution >= 4 is 0 Å². The highest BCUT2D eigenvalue weighted by Gasteiger charge is 2.21. The largest absolute Gasteiger partial charge is 0.489 e. The quantitative estimate of drug-likeness (QED) is 0.635. The maximum Gasteiger partial charge on any atom is 0.124 e. The summed E-state index contributed by atoms with van der Waals surface area (Å²) in [5.41, 5.74) is 2.28. The first-order valence-electron chi connectivity index (χ1n) is 10.4. The summed E-state index contributed by atoms with van der Waals surface area (Å²) >= 11 is 0. The smallest absolute Gasteiger partial charge is 0.124 e. The third kappa shape index (κ3) is 6.89. The van der Waals surface area contributed by atoms with E-state index in [2.05, 4.69) is 41.2 Å². The van der Waals surface area contributed by atoms with Crippen LogP contribution in [0.1, 0.15) is 37.8 Å². The molecule has 0 amide bonds. The van der Waals surface area contributed by atoms with Gasteiger partial charge in [-0.2, -0.15) is 0 Å². The molecule has 2 aromatic rings. The molecular weight excluding hydrogens is 350 g/mol. The number of pyridine rings is 1. The lowest BCUT2D eigenvalue weighted by Gasteiger charge is -2.35. The molecule has 3 rings (SSSR count). The molecule has 1 saturated heterocycles. The van der Waals surface area contributed by atoms with Crippen molar-refractivity contribution in [2.24, 2.45) is 0 Å². The summed E-state index contributed by atoms with van der Waals surface area (Å²) in [6.07, 6.45) is 6.72. The molecule has 2 atom stereocenters. The Morgan fingerprint density at radius 3 is 2.71 bits per heavy atom. The van der Waals surface area contributed by atoms with E-state index in [1.54, 1.807) is 6.20 Å². The van der Waals surface area contributed by atoms with Gasteiger partial charge in [0.05, 0.1) is 12.2 Å². The molecule has 2 heterocycles. The van der Waals surface area contributed by atoms with Gasteiger partial charge in [-0.15, -0.1) is 0 Å². The molecule has 0 radical (unpaired) electrons. The van der Waals surface area contributed by atoms with Crippen LogP contribution in [-0.2, 0) is 17.9 Å². The number of rotatable bonds is 10. The Kier molecular flexibility index (Phi) is 8.27. The lowest BCUT2D eigenvalue weighted by atomic mass is 10.2. The van der Waals surface area contributed by atoms with E-state index in [0.717, 1.165) is 44.0 Å². The third-order valence-electron chi connectivity index (χ3n) is 4.98. The molecule has 5 nitrogen and oxygen atoms in total. The minimum Gasteiger partial charge on any atom is -0.489 e. The summed E-state index contributed by atoms with van der Waals surface area (Å²) < 4.78 is 11.8. The highest BCUT2D eigenvalue weighted by molar-refractivity contribution is 5.33. The summed E-state index contributed by atoms with van der Waals surface area (Å²) in [6, 6.07) is 12.2. The summed E-state index contributed by atoms with van der Waals surface area (Å²) in [6.45, 7) is 9.99. The maximum atomic E-state index is 6.00. The summed E-state index contributed by atoms with van der Waals surface area (Å²) in [5, 5.41) is 3.56. The van der Waals surface area contributed by atoms with Gasteiger partial charge in [-0.25, -0.2) is 0 Å². The lowest BCUT2D eigenvalue weighted by molar-refractivity contribution is -0.0681. The molecule has 152 valence electrons. The molecule has 1 N–H and O–H groups in total. The number of nitrogens with zero attached hydrogens (tertiary/aromatic N) is 2. The van der Waals surface area contributed by atoms with Crippen molar-refractivity contribution in [2.45, 2.75) is 52.0 Å². The predicted octanol–water partition coefficient (Wildman–Crippen LogP) is 3.64. The Morgan fingerprint density at radius 1 is 1.11 bits per heavy atom. The van der Waals surface area contributed by atoms with Gasteiger partial charge in [0.25, 0.3) is 0 Å². The van der Waals surface area contributed by atoms with Crippen LogP contribution < -0.4 is 10.1 Å². The number of hydrogen-bond donors (Lipinski definition) is 1. The van der Waals surface area contributed by atoms with Gasteiger partial charge in [0.1, 0.15) is 12.4 Å². The van der Waals surface area contributed by atoms with E-state index in [1.165, 1.54) is 18.4 Å². The Balaban J connectivity index is 1.34. The number of ether oxygens (including phenoxy) is 2. The summed E-state index contributed by atoms with van der Waals surface area (Å²) in [4.78, 5) is 6.66. The number of nitrogens with one attached hydrogen (secondary N) is 1. The Morgan fingerprint density at radius 2 is 1.93 bits per heavy atom. The van der Waals surface area contributed by atoms with E-state index in [4.69, 9.17) is 9.47 Å². The molecule has 2 unspecified atom stereocenters. The first-order valence-corrected chi connectivity index (χ1v) is 10.4. The van der Waals surface area contributed by atoms with E-state index >= 15 is 0 Å². The molecule has 1 aromatic heterocycles. The van der Waals surface area contributed by atoms with Gasteiger partial charge in [0, 0.05) is 43.2 Å². The van der Waals surface area contributed by atoms with Crippen LogP contribution in [0.3, 0.4) is 0 Å². The second kappa shape index (κ2) is 11.1. The van der Waals surface area contributed by atoms with Gasteiger partial charge in [0.2, 0.25) is 0 Å². The van der Waals surface area contributed by atoms with Crippen molar-refractivity contribution < 1.29 is 9.47 Å². The Hall–Kier alpha value is -1.95. The average molecular weight is 384 g/mol. The first-order chi connectivity index (χ1) is 13.7. The minimum atomic E-state index is 0.352. The molecule has 5 heteroatoms. The third-order valence-corrected chi connectivity index (χ3v) is 4.98. The van der Waals surface area contributed by atoms with Crippen LogP contribution in [0.15, 0.2) is 48.8 Å². The fourth-order valence-electron chi connectivity index (χ4n) is 3.71. The van der Waals surface area contributed by atoms with E-state index in [1.807, 2.05) is 30.5 Å². The Bertz CT molecular complexity index is 685. The van der Waals surface area contributed by atoms with Crippen molar-refractivity contribution in [3.05, 3.63) is 59.9 Å². The zero-order valence-corrected chi connectivity index (χ0v) is 17.1. The topological polar surface area (TPSA) is 46.6 Å².